The van der Waals surface area contributed by atoms with Crippen LogP contribution in [0.15, 0.2) is 46.2 Å². The Hall–Kier alpha value is -3.25. The smallest absolute Gasteiger partial charge is 0.264 e. The molecule has 0 aliphatic carbocycles. The molecule has 0 radical (unpaired) electrons. The second kappa shape index (κ2) is 6.07. The van der Waals surface area contributed by atoms with Gasteiger partial charge in [0.25, 0.3) is 5.56 Å². The molecule has 1 aromatic carbocycles. The first-order valence-electron chi connectivity index (χ1n) is 5.72. The molecule has 0 amide bonds. The van der Waals surface area contributed by atoms with Crippen LogP contribution in [0.4, 0.5) is 0 Å². The zero-order chi connectivity index (χ0) is 14.4. The zero-order valence-electron chi connectivity index (χ0n) is 10.4. The van der Waals surface area contributed by atoms with E-state index >= 15 is 0 Å². The molecule has 6 nitrogen and oxygen atoms in total. The molecule has 0 unspecified atom stereocenters. The lowest BCUT2D eigenvalue weighted by molar-refractivity contribution is 0.994. The van der Waals surface area contributed by atoms with Crippen LogP contribution in [0, 0.1) is 22.7 Å². The monoisotopic (exact) mass is 263 g/mol. The van der Waals surface area contributed by atoms with E-state index < -0.39 is 0 Å². The molecule has 0 spiro atoms. The number of aliphatic imine (C=N–C) groups is 1. The Morgan fingerprint density at radius 2 is 1.85 bits per heavy atom. The second-order valence-electron chi connectivity index (χ2n) is 3.89. The van der Waals surface area contributed by atoms with Crippen molar-refractivity contribution in [2.75, 3.05) is 0 Å². The van der Waals surface area contributed by atoms with Gasteiger partial charge in [-0.05, 0) is 11.6 Å². The number of benzene rings is 1. The van der Waals surface area contributed by atoms with Crippen molar-refractivity contribution in [1.29, 1.82) is 10.5 Å². The summed E-state index contributed by atoms with van der Waals surface area (Å²) in [5.41, 5.74) is 2.00. The van der Waals surface area contributed by atoms with Gasteiger partial charge in [-0.25, -0.2) is 5.10 Å². The summed E-state index contributed by atoms with van der Waals surface area (Å²) in [7, 11) is 0. The van der Waals surface area contributed by atoms with E-state index in [4.69, 9.17) is 10.5 Å². The fourth-order valence-electron chi connectivity index (χ4n) is 1.55. The van der Waals surface area contributed by atoms with Crippen LogP contribution in [-0.4, -0.2) is 15.9 Å². The van der Waals surface area contributed by atoms with Crippen LogP contribution in [0.25, 0.3) is 11.3 Å². The lowest BCUT2D eigenvalue weighted by atomic mass is 10.1. The average molecular weight is 263 g/mol. The standard InChI is InChI=1S/C14H9N5O/c15-7-12(8-16)17-9-10-1-3-11(4-2-10)13-5-6-14(20)19-18-13/h1-6H,9H2,(H,19,20). The van der Waals surface area contributed by atoms with E-state index in [1.807, 2.05) is 24.3 Å². The van der Waals surface area contributed by atoms with E-state index in [1.54, 1.807) is 18.2 Å². The van der Waals surface area contributed by atoms with Crippen LogP contribution in [0.2, 0.25) is 0 Å². The van der Waals surface area contributed by atoms with Crippen molar-refractivity contribution in [2.45, 2.75) is 6.54 Å². The van der Waals surface area contributed by atoms with Crippen LogP contribution in [0.5, 0.6) is 0 Å². The zero-order valence-corrected chi connectivity index (χ0v) is 10.4. The highest BCUT2D eigenvalue weighted by Gasteiger charge is 2.00. The minimum Gasteiger partial charge on any atom is -0.268 e. The van der Waals surface area contributed by atoms with E-state index in [2.05, 4.69) is 15.2 Å². The Bertz CT molecular complexity index is 738. The van der Waals surface area contributed by atoms with Gasteiger partial charge in [0, 0.05) is 11.6 Å². The van der Waals surface area contributed by atoms with Crippen molar-refractivity contribution < 1.29 is 0 Å². The van der Waals surface area contributed by atoms with Crippen molar-refractivity contribution in [1.82, 2.24) is 10.2 Å². The Labute approximate surface area is 114 Å². The number of hydrogen-bond donors (Lipinski definition) is 1. The van der Waals surface area contributed by atoms with Crippen LogP contribution >= 0.6 is 0 Å². The average Bonchev–Trinajstić information content (AvgIpc) is 2.50. The van der Waals surface area contributed by atoms with Gasteiger partial charge in [-0.15, -0.1) is 0 Å². The van der Waals surface area contributed by atoms with Crippen LogP contribution in [0.3, 0.4) is 0 Å². The molecule has 0 aliphatic heterocycles. The van der Waals surface area contributed by atoms with E-state index in [0.29, 0.717) is 5.69 Å². The number of nitrogens with zero attached hydrogens (tertiary/aromatic N) is 4. The minimum atomic E-state index is -0.250. The molecule has 2 rings (SSSR count). The van der Waals surface area contributed by atoms with E-state index in [9.17, 15) is 4.79 Å². The molecular formula is C14H9N5O. The molecule has 20 heavy (non-hydrogen) atoms. The van der Waals surface area contributed by atoms with Gasteiger partial charge in [0.05, 0.1) is 12.2 Å². The molecular weight excluding hydrogens is 254 g/mol. The maximum Gasteiger partial charge on any atom is 0.264 e. The fraction of sp³-hybridized carbons (Fsp3) is 0.0714. The second-order valence-corrected chi connectivity index (χ2v) is 3.89. The predicted octanol–water partition coefficient (Wildman–Crippen LogP) is 1.43. The third kappa shape index (κ3) is 3.15. The van der Waals surface area contributed by atoms with Crippen molar-refractivity contribution in [3.05, 3.63) is 52.3 Å². The van der Waals surface area contributed by atoms with Gasteiger partial charge in [-0.3, -0.25) is 9.79 Å². The lowest BCUT2D eigenvalue weighted by Crippen LogP contribution is -2.05. The molecule has 1 heterocycles. The number of rotatable bonds is 3. The summed E-state index contributed by atoms with van der Waals surface area (Å²) in [6.45, 7) is 0.274. The van der Waals surface area contributed by atoms with E-state index in [0.717, 1.165) is 11.1 Å². The van der Waals surface area contributed by atoms with Crippen molar-refractivity contribution in [3.8, 4) is 23.4 Å². The number of nitrogens with one attached hydrogen (secondary N) is 1. The lowest BCUT2D eigenvalue weighted by Gasteiger charge is -2.01. The Kier molecular flexibility index (Phi) is 4.01. The number of nitriles is 2. The highest BCUT2D eigenvalue weighted by molar-refractivity contribution is 6.10. The quantitative estimate of drug-likeness (QED) is 0.845. The van der Waals surface area contributed by atoms with Crippen molar-refractivity contribution in [3.63, 3.8) is 0 Å². The SMILES string of the molecule is N#CC(C#N)=NCc1ccc(-c2ccc(=O)[nH]n2)cc1. The van der Waals surface area contributed by atoms with Gasteiger partial charge in [-0.2, -0.15) is 15.6 Å². The van der Waals surface area contributed by atoms with Gasteiger partial charge in [0.2, 0.25) is 5.71 Å². The highest BCUT2D eigenvalue weighted by atomic mass is 16.1. The van der Waals surface area contributed by atoms with Crippen molar-refractivity contribution in [2.24, 2.45) is 4.99 Å². The molecule has 96 valence electrons. The largest absolute Gasteiger partial charge is 0.268 e. The molecule has 6 heteroatoms. The van der Waals surface area contributed by atoms with Gasteiger partial charge in [0.15, 0.2) is 0 Å². The fourth-order valence-corrected chi connectivity index (χ4v) is 1.55. The number of aromatic amines is 1. The van der Waals surface area contributed by atoms with E-state index in [-0.39, 0.29) is 17.8 Å². The van der Waals surface area contributed by atoms with E-state index in [1.165, 1.54) is 6.07 Å². The summed E-state index contributed by atoms with van der Waals surface area (Å²) in [5.74, 6) is 0. The normalized spacial score (nSPS) is 9.30. The maximum absolute atomic E-state index is 10.9. The molecule has 0 saturated heterocycles. The highest BCUT2D eigenvalue weighted by Crippen LogP contribution is 2.16. The summed E-state index contributed by atoms with van der Waals surface area (Å²) >= 11 is 0. The van der Waals surface area contributed by atoms with Crippen LogP contribution in [-0.2, 0) is 6.54 Å². The predicted molar refractivity (Wildman–Crippen MR) is 72.7 cm³/mol. The maximum atomic E-state index is 10.9. The van der Waals surface area contributed by atoms with Gasteiger partial charge < -0.3 is 0 Å². The third-order valence-corrected chi connectivity index (χ3v) is 2.56. The number of H-pyrrole nitrogens is 1. The summed E-state index contributed by atoms with van der Waals surface area (Å²) in [6.07, 6.45) is 0. The molecule has 0 aliphatic rings. The van der Waals surface area contributed by atoms with Gasteiger partial charge in [-0.1, -0.05) is 24.3 Å². The first-order valence-corrected chi connectivity index (χ1v) is 5.72. The first kappa shape index (κ1) is 13.2. The molecule has 0 bridgehead atoms. The third-order valence-electron chi connectivity index (χ3n) is 2.56. The molecule has 0 fully saturated rings. The number of aromatic nitrogens is 2. The minimum absolute atomic E-state index is 0.142. The molecule has 2 aromatic rings. The summed E-state index contributed by atoms with van der Waals surface area (Å²) in [6, 6.07) is 13.8. The van der Waals surface area contributed by atoms with Gasteiger partial charge in [0.1, 0.15) is 12.1 Å². The molecule has 0 saturated carbocycles. The summed E-state index contributed by atoms with van der Waals surface area (Å²) < 4.78 is 0. The van der Waals surface area contributed by atoms with Gasteiger partial charge >= 0.3 is 0 Å². The van der Waals surface area contributed by atoms with Crippen molar-refractivity contribution >= 4 is 5.71 Å². The first-order chi connectivity index (χ1) is 9.72. The molecule has 1 N–H and O–H groups in total. The summed E-state index contributed by atoms with van der Waals surface area (Å²) in [4.78, 5) is 14.8. The Morgan fingerprint density at radius 1 is 1.15 bits per heavy atom. The molecule has 0 atom stereocenters. The molecule has 1 aromatic heterocycles. The topological polar surface area (TPSA) is 106 Å². The van der Waals surface area contributed by atoms with Crippen LogP contribution in [0.1, 0.15) is 5.56 Å². The summed E-state index contributed by atoms with van der Waals surface area (Å²) in [5, 5.41) is 23.5. The van der Waals surface area contributed by atoms with Crippen LogP contribution < -0.4 is 5.56 Å². The Morgan fingerprint density at radius 3 is 2.40 bits per heavy atom. The number of hydrogen-bond acceptors (Lipinski definition) is 5. The Balaban J connectivity index is 2.17.